The Hall–Kier alpha value is -2.22. The van der Waals surface area contributed by atoms with E-state index in [1.807, 2.05) is 0 Å². The highest BCUT2D eigenvalue weighted by Crippen LogP contribution is 2.47. The number of nitrogens with zero attached hydrogens (tertiary/aromatic N) is 2. The van der Waals surface area contributed by atoms with E-state index in [0.29, 0.717) is 5.06 Å². The van der Waals surface area contributed by atoms with Crippen LogP contribution in [0.3, 0.4) is 0 Å². The van der Waals surface area contributed by atoms with Crippen molar-refractivity contribution < 1.29 is 36.7 Å². The van der Waals surface area contributed by atoms with Crippen LogP contribution >= 0.6 is 11.3 Å². The van der Waals surface area contributed by atoms with Crippen LogP contribution in [0, 0.1) is 0 Å². The molecule has 2 aliphatic heterocycles. The smallest absolute Gasteiger partial charge is 0.418 e. The van der Waals surface area contributed by atoms with Gasteiger partial charge >= 0.3 is 22.4 Å². The van der Waals surface area contributed by atoms with Gasteiger partial charge in [-0.1, -0.05) is 0 Å². The van der Waals surface area contributed by atoms with Crippen molar-refractivity contribution in [3.05, 3.63) is 21.4 Å². The van der Waals surface area contributed by atoms with Gasteiger partial charge in [0.2, 0.25) is 0 Å². The highest BCUT2D eigenvalue weighted by Gasteiger charge is 2.53. The maximum absolute atomic E-state index is 12.2. The Bertz CT molecular complexity index is 831. The summed E-state index contributed by atoms with van der Waals surface area (Å²) < 4.78 is 34.8. The molecule has 3 heterocycles. The summed E-state index contributed by atoms with van der Waals surface area (Å²) in [6.45, 7) is -0.173. The maximum Gasteiger partial charge on any atom is 0.418 e. The van der Waals surface area contributed by atoms with Gasteiger partial charge in [0.15, 0.2) is 6.04 Å². The predicted octanol–water partition coefficient (Wildman–Crippen LogP) is -0.501. The van der Waals surface area contributed by atoms with Crippen LogP contribution in [-0.4, -0.2) is 52.5 Å². The summed E-state index contributed by atoms with van der Waals surface area (Å²) in [6.07, 6.45) is 0. The van der Waals surface area contributed by atoms with E-state index in [-0.39, 0.29) is 21.9 Å². The molecule has 4 N–H and O–H groups in total. The molecule has 1 aromatic rings. The Kier molecular flexibility index (Phi) is 3.33. The number of amides is 3. The molecule has 1 saturated heterocycles. The van der Waals surface area contributed by atoms with Crippen LogP contribution in [0.2, 0.25) is 0 Å². The molecule has 0 radical (unpaired) electrons. The Balaban J connectivity index is 2.13. The molecule has 2 aliphatic rings. The lowest BCUT2D eigenvalue weighted by atomic mass is 9.99. The van der Waals surface area contributed by atoms with E-state index >= 15 is 0 Å². The summed E-state index contributed by atoms with van der Waals surface area (Å²) in [5, 5.41) is 9.73. The standard InChI is InChI=1S/C10H9N3O8S2/c11-8(14)5-1-3-4-2-12(6(9(15)16)7(3)22-5)10(17)13(4)21-23(18,19)20/h1,4,6H,2H2,(H2,11,14)(H,15,16)(H,18,19,20)/t4-,6+/m1/s1. The summed E-state index contributed by atoms with van der Waals surface area (Å²) in [4.78, 5) is 36.1. The van der Waals surface area contributed by atoms with Gasteiger partial charge in [0.25, 0.3) is 5.91 Å². The van der Waals surface area contributed by atoms with Crippen molar-refractivity contribution in [2.45, 2.75) is 12.1 Å². The largest absolute Gasteiger partial charge is 0.479 e. The fourth-order valence-corrected chi connectivity index (χ4v) is 4.17. The minimum Gasteiger partial charge on any atom is -0.479 e. The number of hydroxylamine groups is 2. The number of urea groups is 1. The molecule has 2 atom stereocenters. The zero-order valence-corrected chi connectivity index (χ0v) is 12.7. The first-order valence-electron chi connectivity index (χ1n) is 6.03. The predicted molar refractivity (Wildman–Crippen MR) is 72.5 cm³/mol. The molecule has 11 nitrogen and oxygen atoms in total. The molecular formula is C10H9N3O8S2. The van der Waals surface area contributed by atoms with Crippen LogP contribution in [0.25, 0.3) is 0 Å². The zero-order valence-electron chi connectivity index (χ0n) is 11.1. The Morgan fingerprint density at radius 2 is 2.09 bits per heavy atom. The summed E-state index contributed by atoms with van der Waals surface area (Å²) in [7, 11) is -4.99. The van der Waals surface area contributed by atoms with E-state index in [2.05, 4.69) is 4.28 Å². The number of rotatable bonds is 4. The van der Waals surface area contributed by atoms with Crippen LogP contribution in [0.4, 0.5) is 4.79 Å². The number of thiophene rings is 1. The van der Waals surface area contributed by atoms with Crippen LogP contribution in [0.1, 0.15) is 32.2 Å². The van der Waals surface area contributed by atoms with Gasteiger partial charge in [0, 0.05) is 4.88 Å². The van der Waals surface area contributed by atoms with Gasteiger partial charge in [0.1, 0.15) is 6.04 Å². The number of carbonyl (C=O) groups excluding carboxylic acids is 2. The van der Waals surface area contributed by atoms with Gasteiger partial charge in [-0.3, -0.25) is 9.35 Å². The molecule has 1 fully saturated rings. The summed E-state index contributed by atoms with van der Waals surface area (Å²) in [6, 6.07) is -2.12. The number of carboxylic acid groups (broad SMARTS) is 1. The lowest BCUT2D eigenvalue weighted by molar-refractivity contribution is -0.142. The van der Waals surface area contributed by atoms with Gasteiger partial charge in [-0.2, -0.15) is 13.5 Å². The molecule has 3 rings (SSSR count). The van der Waals surface area contributed by atoms with Crippen LogP contribution in [-0.2, 0) is 19.5 Å². The van der Waals surface area contributed by atoms with Gasteiger partial charge < -0.3 is 15.7 Å². The minimum absolute atomic E-state index is 0.0641. The van der Waals surface area contributed by atoms with Gasteiger partial charge in [-0.15, -0.1) is 15.6 Å². The molecule has 0 aliphatic carbocycles. The van der Waals surface area contributed by atoms with Gasteiger partial charge in [0.05, 0.1) is 11.4 Å². The molecule has 3 amide bonds. The van der Waals surface area contributed by atoms with Crippen molar-refractivity contribution in [2.75, 3.05) is 6.54 Å². The normalized spacial score (nSPS) is 23.1. The maximum atomic E-state index is 12.2. The number of primary amides is 1. The summed E-state index contributed by atoms with van der Waals surface area (Å²) >= 11 is 0.806. The first-order valence-corrected chi connectivity index (χ1v) is 8.21. The highest BCUT2D eigenvalue weighted by molar-refractivity contribution is 7.80. The second kappa shape index (κ2) is 4.89. The molecule has 124 valence electrons. The quantitative estimate of drug-likeness (QED) is 0.602. The van der Waals surface area contributed by atoms with Crippen molar-refractivity contribution >= 4 is 39.6 Å². The van der Waals surface area contributed by atoms with E-state index in [9.17, 15) is 27.9 Å². The number of fused-ring (bicyclic) bond motifs is 4. The molecule has 2 bridgehead atoms. The van der Waals surface area contributed by atoms with Crippen LogP contribution < -0.4 is 5.73 Å². The zero-order chi connectivity index (χ0) is 17.1. The topological polar surface area (TPSA) is 168 Å². The number of hydrogen-bond donors (Lipinski definition) is 3. The third-order valence-electron chi connectivity index (χ3n) is 3.45. The van der Waals surface area contributed by atoms with Gasteiger partial charge in [-0.25, -0.2) is 9.59 Å². The first kappa shape index (κ1) is 15.7. The van der Waals surface area contributed by atoms with Crippen LogP contribution in [0.5, 0.6) is 0 Å². The Morgan fingerprint density at radius 1 is 1.43 bits per heavy atom. The highest BCUT2D eigenvalue weighted by atomic mass is 32.3. The summed E-state index contributed by atoms with van der Waals surface area (Å²) in [5.41, 5.74) is 5.41. The third kappa shape index (κ3) is 2.42. The van der Waals surface area contributed by atoms with E-state index in [0.717, 1.165) is 16.2 Å². The van der Waals surface area contributed by atoms with Crippen molar-refractivity contribution in [1.82, 2.24) is 9.96 Å². The molecule has 0 saturated carbocycles. The molecule has 23 heavy (non-hydrogen) atoms. The van der Waals surface area contributed by atoms with E-state index in [1.54, 1.807) is 0 Å². The van der Waals surface area contributed by atoms with Gasteiger partial charge in [-0.05, 0) is 11.6 Å². The molecular weight excluding hydrogens is 354 g/mol. The molecule has 0 unspecified atom stereocenters. The van der Waals surface area contributed by atoms with Crippen molar-refractivity contribution in [1.29, 1.82) is 0 Å². The molecule has 1 aromatic heterocycles. The van der Waals surface area contributed by atoms with E-state index < -0.39 is 40.4 Å². The lowest BCUT2D eigenvalue weighted by Crippen LogP contribution is -2.38. The second-order valence-electron chi connectivity index (χ2n) is 4.81. The Morgan fingerprint density at radius 3 is 2.61 bits per heavy atom. The number of hydrogen-bond acceptors (Lipinski definition) is 7. The monoisotopic (exact) mass is 363 g/mol. The molecule has 0 aromatic carbocycles. The summed E-state index contributed by atoms with van der Waals surface area (Å²) in [5.74, 6) is -2.14. The SMILES string of the molecule is NC(=O)c1cc2c(s1)[C@@H](C(=O)O)N1C[C@H]2N(OS(=O)(=O)O)C1=O. The average molecular weight is 363 g/mol. The van der Waals surface area contributed by atoms with Crippen molar-refractivity contribution in [3.8, 4) is 0 Å². The fourth-order valence-electron chi connectivity index (χ4n) is 2.63. The molecule has 13 heteroatoms. The minimum atomic E-state index is -4.99. The fraction of sp³-hybridized carbons (Fsp3) is 0.300. The number of carboxylic acids is 1. The number of carbonyl (C=O) groups is 3. The average Bonchev–Trinajstić information content (AvgIpc) is 2.94. The number of nitrogens with two attached hydrogens (primary N) is 1. The molecule has 0 spiro atoms. The Labute approximate surface area is 132 Å². The van der Waals surface area contributed by atoms with Crippen molar-refractivity contribution in [2.24, 2.45) is 5.73 Å². The number of aliphatic carboxylic acids is 1. The third-order valence-corrected chi connectivity index (χ3v) is 5.02. The lowest BCUT2D eigenvalue weighted by Gasteiger charge is -2.27. The van der Waals surface area contributed by atoms with E-state index in [1.165, 1.54) is 6.07 Å². The second-order valence-corrected chi connectivity index (χ2v) is 6.90. The van der Waals surface area contributed by atoms with E-state index in [4.69, 9.17) is 10.3 Å². The van der Waals surface area contributed by atoms with Crippen LogP contribution in [0.15, 0.2) is 6.07 Å². The first-order chi connectivity index (χ1) is 10.6. The van der Waals surface area contributed by atoms with Crippen molar-refractivity contribution in [3.63, 3.8) is 0 Å².